The number of carbonyl (C=O) groups excluding carboxylic acids is 1. The SMILES string of the molecule is CCOC(=O)C1=C(C)ON2CCCC12. The summed E-state index contributed by atoms with van der Waals surface area (Å²) < 4.78 is 5.00. The number of nitrogens with zero attached hydrogens (tertiary/aromatic N) is 1. The molecule has 0 spiro atoms. The predicted octanol–water partition coefficient (Wildman–Crippen LogP) is 1.23. The fraction of sp³-hybridized carbons (Fsp3) is 0.700. The predicted molar refractivity (Wildman–Crippen MR) is 50.1 cm³/mol. The molecule has 2 aliphatic rings. The van der Waals surface area contributed by atoms with E-state index < -0.39 is 0 Å². The number of esters is 1. The fourth-order valence-electron chi connectivity index (χ4n) is 2.09. The minimum Gasteiger partial charge on any atom is -0.462 e. The molecular weight excluding hydrogens is 182 g/mol. The van der Waals surface area contributed by atoms with Crippen LogP contribution in [0.25, 0.3) is 0 Å². The second-order valence-electron chi connectivity index (χ2n) is 3.58. The molecule has 1 fully saturated rings. The van der Waals surface area contributed by atoms with E-state index in [0.717, 1.165) is 19.4 Å². The highest BCUT2D eigenvalue weighted by atomic mass is 16.7. The van der Waals surface area contributed by atoms with Crippen LogP contribution in [0.15, 0.2) is 11.3 Å². The molecule has 0 aromatic rings. The van der Waals surface area contributed by atoms with Crippen LogP contribution in [0.4, 0.5) is 0 Å². The molecule has 4 heteroatoms. The fourth-order valence-corrected chi connectivity index (χ4v) is 2.09. The number of carbonyl (C=O) groups is 1. The molecule has 1 unspecified atom stereocenters. The van der Waals surface area contributed by atoms with E-state index in [4.69, 9.17) is 9.57 Å². The van der Waals surface area contributed by atoms with Crippen molar-refractivity contribution in [2.75, 3.05) is 13.2 Å². The van der Waals surface area contributed by atoms with Crippen molar-refractivity contribution in [2.24, 2.45) is 0 Å². The normalized spacial score (nSPS) is 26.3. The van der Waals surface area contributed by atoms with Gasteiger partial charge in [0.05, 0.1) is 18.2 Å². The molecule has 1 saturated heterocycles. The van der Waals surface area contributed by atoms with Crippen LogP contribution in [0.1, 0.15) is 26.7 Å². The second-order valence-corrected chi connectivity index (χ2v) is 3.58. The Bertz CT molecular complexity index is 285. The molecule has 78 valence electrons. The number of hydrogen-bond donors (Lipinski definition) is 0. The monoisotopic (exact) mass is 197 g/mol. The molecule has 14 heavy (non-hydrogen) atoms. The highest BCUT2D eigenvalue weighted by Crippen LogP contribution is 2.34. The number of ether oxygens (including phenoxy) is 1. The zero-order valence-corrected chi connectivity index (χ0v) is 8.58. The number of allylic oxidation sites excluding steroid dienone is 1. The summed E-state index contributed by atoms with van der Waals surface area (Å²) >= 11 is 0. The van der Waals surface area contributed by atoms with Crippen molar-refractivity contribution in [1.29, 1.82) is 0 Å². The van der Waals surface area contributed by atoms with E-state index >= 15 is 0 Å². The maximum atomic E-state index is 11.6. The van der Waals surface area contributed by atoms with Crippen LogP contribution in [0.3, 0.4) is 0 Å². The third kappa shape index (κ3) is 1.39. The van der Waals surface area contributed by atoms with Crippen molar-refractivity contribution >= 4 is 5.97 Å². The molecule has 0 aromatic carbocycles. The van der Waals surface area contributed by atoms with E-state index in [1.54, 1.807) is 0 Å². The van der Waals surface area contributed by atoms with Crippen molar-refractivity contribution in [3.8, 4) is 0 Å². The summed E-state index contributed by atoms with van der Waals surface area (Å²) in [6.45, 7) is 4.97. The Labute approximate surface area is 83.4 Å². The quantitative estimate of drug-likeness (QED) is 0.624. The third-order valence-corrected chi connectivity index (χ3v) is 2.67. The number of hydrogen-bond acceptors (Lipinski definition) is 4. The Kier molecular flexibility index (Phi) is 2.46. The van der Waals surface area contributed by atoms with Crippen molar-refractivity contribution in [1.82, 2.24) is 5.06 Å². The van der Waals surface area contributed by atoms with Gasteiger partial charge in [-0.25, -0.2) is 4.79 Å². The first-order chi connectivity index (χ1) is 6.74. The van der Waals surface area contributed by atoms with Crippen LogP contribution in [-0.2, 0) is 14.4 Å². The summed E-state index contributed by atoms with van der Waals surface area (Å²) in [5, 5.41) is 1.88. The van der Waals surface area contributed by atoms with Crippen LogP contribution < -0.4 is 0 Å². The van der Waals surface area contributed by atoms with Gasteiger partial charge in [0.2, 0.25) is 0 Å². The van der Waals surface area contributed by atoms with Gasteiger partial charge in [0.1, 0.15) is 5.76 Å². The van der Waals surface area contributed by atoms with Crippen LogP contribution in [0.2, 0.25) is 0 Å². The van der Waals surface area contributed by atoms with Crippen LogP contribution in [-0.4, -0.2) is 30.2 Å². The zero-order valence-electron chi connectivity index (χ0n) is 8.58. The summed E-state index contributed by atoms with van der Waals surface area (Å²) in [5.74, 6) is 0.479. The highest BCUT2D eigenvalue weighted by Gasteiger charge is 2.40. The lowest BCUT2D eigenvalue weighted by Crippen LogP contribution is -2.27. The largest absolute Gasteiger partial charge is 0.462 e. The van der Waals surface area contributed by atoms with Gasteiger partial charge in [-0.05, 0) is 26.7 Å². The van der Waals surface area contributed by atoms with Crippen LogP contribution in [0, 0.1) is 0 Å². The molecule has 2 heterocycles. The van der Waals surface area contributed by atoms with E-state index in [1.807, 2.05) is 18.9 Å². The van der Waals surface area contributed by atoms with Crippen LogP contribution >= 0.6 is 0 Å². The Balaban J connectivity index is 2.15. The highest BCUT2D eigenvalue weighted by molar-refractivity contribution is 5.90. The summed E-state index contributed by atoms with van der Waals surface area (Å²) in [6.07, 6.45) is 2.08. The molecule has 0 aromatic heterocycles. The maximum absolute atomic E-state index is 11.6. The van der Waals surface area contributed by atoms with Gasteiger partial charge in [0.15, 0.2) is 0 Å². The number of hydroxylamine groups is 2. The average molecular weight is 197 g/mol. The molecule has 4 nitrogen and oxygen atoms in total. The van der Waals surface area contributed by atoms with Crippen molar-refractivity contribution in [2.45, 2.75) is 32.7 Å². The molecule has 2 aliphatic heterocycles. The lowest BCUT2D eigenvalue weighted by Gasteiger charge is -2.14. The van der Waals surface area contributed by atoms with Gasteiger partial charge in [-0.15, -0.1) is 5.06 Å². The minimum absolute atomic E-state index is 0.133. The second kappa shape index (κ2) is 3.61. The van der Waals surface area contributed by atoms with Gasteiger partial charge >= 0.3 is 5.97 Å². The Hall–Kier alpha value is -1.03. The first-order valence-corrected chi connectivity index (χ1v) is 5.06. The average Bonchev–Trinajstić information content (AvgIpc) is 2.63. The lowest BCUT2D eigenvalue weighted by molar-refractivity contribution is -0.139. The van der Waals surface area contributed by atoms with Crippen molar-refractivity contribution < 1.29 is 14.4 Å². The topological polar surface area (TPSA) is 38.8 Å². The molecule has 0 saturated carbocycles. The van der Waals surface area contributed by atoms with E-state index in [1.165, 1.54) is 0 Å². The van der Waals surface area contributed by atoms with Crippen molar-refractivity contribution in [3.05, 3.63) is 11.3 Å². The molecule has 0 N–H and O–H groups in total. The van der Waals surface area contributed by atoms with E-state index in [9.17, 15) is 4.79 Å². The van der Waals surface area contributed by atoms with Gasteiger partial charge in [-0.3, -0.25) is 0 Å². The summed E-state index contributed by atoms with van der Waals surface area (Å²) in [5.41, 5.74) is 0.712. The van der Waals surface area contributed by atoms with Gasteiger partial charge in [0.25, 0.3) is 0 Å². The summed E-state index contributed by atoms with van der Waals surface area (Å²) in [6, 6.07) is 0.133. The molecule has 0 radical (unpaired) electrons. The Morgan fingerprint density at radius 1 is 1.71 bits per heavy atom. The lowest BCUT2D eigenvalue weighted by atomic mass is 10.1. The minimum atomic E-state index is -0.223. The van der Waals surface area contributed by atoms with Gasteiger partial charge < -0.3 is 9.57 Å². The zero-order chi connectivity index (χ0) is 10.1. The van der Waals surface area contributed by atoms with Gasteiger partial charge in [-0.1, -0.05) is 0 Å². The van der Waals surface area contributed by atoms with Gasteiger partial charge in [-0.2, -0.15) is 0 Å². The number of rotatable bonds is 2. The molecule has 2 rings (SSSR count). The van der Waals surface area contributed by atoms with Crippen LogP contribution in [0.5, 0.6) is 0 Å². The summed E-state index contributed by atoms with van der Waals surface area (Å²) in [4.78, 5) is 17.1. The van der Waals surface area contributed by atoms with Crippen molar-refractivity contribution in [3.63, 3.8) is 0 Å². The number of fused-ring (bicyclic) bond motifs is 1. The van der Waals surface area contributed by atoms with E-state index in [0.29, 0.717) is 17.9 Å². The Morgan fingerprint density at radius 3 is 3.21 bits per heavy atom. The standard InChI is InChI=1S/C10H15NO3/c1-3-13-10(12)9-7(2)14-11-6-4-5-8(9)11/h8H,3-6H2,1-2H3. The van der Waals surface area contributed by atoms with E-state index in [-0.39, 0.29) is 12.0 Å². The maximum Gasteiger partial charge on any atom is 0.339 e. The molecule has 0 aliphatic carbocycles. The molecule has 0 amide bonds. The Morgan fingerprint density at radius 2 is 2.50 bits per heavy atom. The molecule has 0 bridgehead atoms. The molecule has 1 atom stereocenters. The van der Waals surface area contributed by atoms with Gasteiger partial charge in [0, 0.05) is 6.54 Å². The smallest absolute Gasteiger partial charge is 0.339 e. The summed E-state index contributed by atoms with van der Waals surface area (Å²) in [7, 11) is 0. The third-order valence-electron chi connectivity index (χ3n) is 2.67. The van der Waals surface area contributed by atoms with E-state index in [2.05, 4.69) is 0 Å². The first-order valence-electron chi connectivity index (χ1n) is 5.06. The first kappa shape index (κ1) is 9.52. The molecular formula is C10H15NO3.